The minimum absolute atomic E-state index is 0.00110. The first kappa shape index (κ1) is 26.6. The van der Waals surface area contributed by atoms with E-state index in [9.17, 15) is 19.5 Å². The van der Waals surface area contributed by atoms with E-state index in [0.717, 1.165) is 43.6 Å². The number of rotatable bonds is 10. The van der Waals surface area contributed by atoms with Crippen LogP contribution in [0.25, 0.3) is 0 Å². The van der Waals surface area contributed by atoms with Crippen LogP contribution in [-0.4, -0.2) is 62.4 Å². The molecular weight excluding hydrogens is 490 g/mol. The predicted molar refractivity (Wildman–Crippen MR) is 140 cm³/mol. The van der Waals surface area contributed by atoms with E-state index >= 15 is 0 Å². The van der Waals surface area contributed by atoms with Gasteiger partial charge in [0, 0.05) is 43.8 Å². The molecule has 1 aliphatic heterocycles. The number of amides is 1. The van der Waals surface area contributed by atoms with Crippen molar-refractivity contribution in [2.45, 2.75) is 39.0 Å². The SMILES string of the molecule is Cc1cn(C[C@H](NC(=O)OCc2ccccc2)C(=O)O)c(=O)nc1N1CCC(CNc2ncccn2)CC1. The number of hydrogen-bond donors (Lipinski definition) is 3. The zero-order valence-electron chi connectivity index (χ0n) is 21.1. The molecule has 1 aliphatic rings. The second-order valence-electron chi connectivity index (χ2n) is 9.16. The molecule has 38 heavy (non-hydrogen) atoms. The van der Waals surface area contributed by atoms with Crippen molar-refractivity contribution >= 4 is 23.8 Å². The maximum absolute atomic E-state index is 12.8. The van der Waals surface area contributed by atoms with Crippen molar-refractivity contribution in [3.05, 3.63) is 76.6 Å². The van der Waals surface area contributed by atoms with E-state index in [1.807, 2.05) is 25.1 Å². The fraction of sp³-hybridized carbons (Fsp3) is 0.385. The molecular formula is C26H31N7O5. The number of ether oxygens (including phenoxy) is 1. The van der Waals surface area contributed by atoms with Crippen LogP contribution in [0, 0.1) is 12.8 Å². The molecule has 1 fully saturated rings. The van der Waals surface area contributed by atoms with Crippen LogP contribution in [0.2, 0.25) is 0 Å². The van der Waals surface area contributed by atoms with Gasteiger partial charge in [-0.15, -0.1) is 0 Å². The average Bonchev–Trinajstić information content (AvgIpc) is 2.93. The lowest BCUT2D eigenvalue weighted by molar-refractivity contribution is -0.139. The number of hydrogen-bond acceptors (Lipinski definition) is 9. The summed E-state index contributed by atoms with van der Waals surface area (Å²) in [6, 6.07) is 9.44. The van der Waals surface area contributed by atoms with E-state index in [1.165, 1.54) is 4.57 Å². The van der Waals surface area contributed by atoms with Crippen LogP contribution in [0.1, 0.15) is 24.0 Å². The zero-order chi connectivity index (χ0) is 26.9. The Morgan fingerprint density at radius 3 is 2.53 bits per heavy atom. The average molecular weight is 522 g/mol. The van der Waals surface area contributed by atoms with Gasteiger partial charge in [-0.1, -0.05) is 30.3 Å². The molecule has 1 aromatic carbocycles. The highest BCUT2D eigenvalue weighted by molar-refractivity contribution is 5.79. The van der Waals surface area contributed by atoms with Gasteiger partial charge in [-0.2, -0.15) is 4.98 Å². The summed E-state index contributed by atoms with van der Waals surface area (Å²) in [5, 5.41) is 15.2. The minimum Gasteiger partial charge on any atom is -0.480 e. The summed E-state index contributed by atoms with van der Waals surface area (Å²) in [6.45, 7) is 3.80. The Balaban J connectivity index is 1.32. The van der Waals surface area contributed by atoms with Gasteiger partial charge in [0.25, 0.3) is 0 Å². The van der Waals surface area contributed by atoms with Gasteiger partial charge < -0.3 is 25.4 Å². The van der Waals surface area contributed by atoms with E-state index in [4.69, 9.17) is 4.74 Å². The normalized spacial score (nSPS) is 14.5. The lowest BCUT2D eigenvalue weighted by Crippen LogP contribution is -2.46. The lowest BCUT2D eigenvalue weighted by atomic mass is 9.96. The van der Waals surface area contributed by atoms with Crippen molar-refractivity contribution in [2.75, 3.05) is 29.9 Å². The fourth-order valence-electron chi connectivity index (χ4n) is 4.30. The van der Waals surface area contributed by atoms with Gasteiger partial charge in [-0.25, -0.2) is 24.4 Å². The molecule has 1 atom stereocenters. The molecule has 3 heterocycles. The Labute approximate surface area is 219 Å². The number of carboxylic acid groups (broad SMARTS) is 1. The number of benzene rings is 1. The topological polar surface area (TPSA) is 152 Å². The van der Waals surface area contributed by atoms with Gasteiger partial charge >= 0.3 is 17.8 Å². The molecule has 0 spiro atoms. The molecule has 0 radical (unpaired) electrons. The maximum Gasteiger partial charge on any atom is 0.408 e. The van der Waals surface area contributed by atoms with E-state index in [0.29, 0.717) is 17.7 Å². The van der Waals surface area contributed by atoms with Crippen molar-refractivity contribution in [1.82, 2.24) is 24.8 Å². The molecule has 0 saturated carbocycles. The molecule has 3 N–H and O–H groups in total. The Bertz CT molecular complexity index is 1280. The monoisotopic (exact) mass is 521 g/mol. The molecule has 1 amide bonds. The van der Waals surface area contributed by atoms with Gasteiger partial charge in [0.05, 0.1) is 6.54 Å². The van der Waals surface area contributed by atoms with E-state index in [2.05, 4.69) is 30.5 Å². The Morgan fingerprint density at radius 1 is 1.13 bits per heavy atom. The summed E-state index contributed by atoms with van der Waals surface area (Å²) in [5.74, 6) is 0.354. The van der Waals surface area contributed by atoms with Crippen molar-refractivity contribution < 1.29 is 19.4 Å². The Morgan fingerprint density at radius 2 is 1.84 bits per heavy atom. The third-order valence-corrected chi connectivity index (χ3v) is 6.36. The summed E-state index contributed by atoms with van der Waals surface area (Å²) in [5.41, 5.74) is 0.933. The minimum atomic E-state index is -1.36. The quantitative estimate of drug-likeness (QED) is 0.361. The van der Waals surface area contributed by atoms with Crippen LogP contribution in [0.4, 0.5) is 16.6 Å². The molecule has 200 valence electrons. The van der Waals surface area contributed by atoms with Crippen LogP contribution in [0.5, 0.6) is 0 Å². The first-order chi connectivity index (χ1) is 18.4. The van der Waals surface area contributed by atoms with Crippen LogP contribution in [0.3, 0.4) is 0 Å². The molecule has 4 rings (SSSR count). The molecule has 0 bridgehead atoms. The summed E-state index contributed by atoms with van der Waals surface area (Å²) >= 11 is 0. The van der Waals surface area contributed by atoms with Gasteiger partial charge in [0.2, 0.25) is 5.95 Å². The molecule has 0 unspecified atom stereocenters. The van der Waals surface area contributed by atoms with Crippen LogP contribution < -0.4 is 21.2 Å². The molecule has 0 aliphatic carbocycles. The summed E-state index contributed by atoms with van der Waals surface area (Å²) in [7, 11) is 0. The maximum atomic E-state index is 12.8. The first-order valence-corrected chi connectivity index (χ1v) is 12.4. The highest BCUT2D eigenvalue weighted by atomic mass is 16.5. The van der Waals surface area contributed by atoms with Gasteiger partial charge in [-0.3, -0.25) is 4.57 Å². The Kier molecular flexibility index (Phi) is 8.85. The molecule has 3 aromatic rings. The van der Waals surface area contributed by atoms with E-state index in [-0.39, 0.29) is 13.2 Å². The van der Waals surface area contributed by atoms with Gasteiger partial charge in [0.1, 0.15) is 18.5 Å². The summed E-state index contributed by atoms with van der Waals surface area (Å²) in [4.78, 5) is 51.4. The third kappa shape index (κ3) is 7.28. The second-order valence-corrected chi connectivity index (χ2v) is 9.16. The Hall–Kier alpha value is -4.48. The first-order valence-electron chi connectivity index (χ1n) is 12.4. The number of carbonyl (C=O) groups excluding carboxylic acids is 1. The number of alkyl carbamates (subject to hydrolysis) is 1. The van der Waals surface area contributed by atoms with Gasteiger partial charge in [0.15, 0.2) is 0 Å². The fourth-order valence-corrected chi connectivity index (χ4v) is 4.30. The van der Waals surface area contributed by atoms with E-state index in [1.54, 1.807) is 36.8 Å². The number of carbonyl (C=O) groups is 2. The number of aryl methyl sites for hydroxylation is 1. The largest absolute Gasteiger partial charge is 0.480 e. The van der Waals surface area contributed by atoms with Crippen molar-refractivity contribution in [3.8, 4) is 0 Å². The highest BCUT2D eigenvalue weighted by Crippen LogP contribution is 2.23. The van der Waals surface area contributed by atoms with Crippen molar-refractivity contribution in [1.29, 1.82) is 0 Å². The van der Waals surface area contributed by atoms with Crippen molar-refractivity contribution in [2.24, 2.45) is 5.92 Å². The third-order valence-electron chi connectivity index (χ3n) is 6.36. The number of aromatic nitrogens is 4. The number of nitrogens with one attached hydrogen (secondary N) is 2. The van der Waals surface area contributed by atoms with E-state index < -0.39 is 23.8 Å². The summed E-state index contributed by atoms with van der Waals surface area (Å²) in [6.07, 6.45) is 5.92. The van der Waals surface area contributed by atoms with Crippen LogP contribution in [-0.2, 0) is 22.7 Å². The molecule has 12 heteroatoms. The lowest BCUT2D eigenvalue weighted by Gasteiger charge is -2.33. The van der Waals surface area contributed by atoms with Crippen molar-refractivity contribution in [3.63, 3.8) is 0 Å². The number of carboxylic acids is 1. The standard InChI is InChI=1S/C26H31N7O5/c1-18-15-33(16-21(23(34)35)30-26(37)38-17-20-6-3-2-4-7-20)25(36)31-22(18)32-12-8-19(9-13-32)14-29-24-27-10-5-11-28-24/h2-7,10-11,15,19,21H,8-9,12-14,16-17H2,1H3,(H,30,37)(H,34,35)(H,27,28,29)/t21-/m0/s1. The number of nitrogens with zero attached hydrogens (tertiary/aromatic N) is 5. The summed E-state index contributed by atoms with van der Waals surface area (Å²) < 4.78 is 6.32. The second kappa shape index (κ2) is 12.7. The number of piperidine rings is 1. The molecule has 12 nitrogen and oxygen atoms in total. The number of anilines is 2. The van der Waals surface area contributed by atoms with Crippen LogP contribution in [0.15, 0.2) is 59.8 Å². The molecule has 1 saturated heterocycles. The van der Waals surface area contributed by atoms with Crippen LogP contribution >= 0.6 is 0 Å². The highest BCUT2D eigenvalue weighted by Gasteiger charge is 2.25. The zero-order valence-corrected chi connectivity index (χ0v) is 21.1. The molecule has 2 aromatic heterocycles. The van der Waals surface area contributed by atoms with Gasteiger partial charge in [-0.05, 0) is 37.3 Å². The number of aliphatic carboxylic acids is 1. The predicted octanol–water partition coefficient (Wildman–Crippen LogP) is 2.05. The smallest absolute Gasteiger partial charge is 0.408 e.